The van der Waals surface area contributed by atoms with E-state index in [1.807, 2.05) is 0 Å². The summed E-state index contributed by atoms with van der Waals surface area (Å²) >= 11 is 0. The van der Waals surface area contributed by atoms with Gasteiger partial charge in [-0.15, -0.1) is 24.0 Å². The van der Waals surface area contributed by atoms with Crippen LogP contribution in [0.25, 0.3) is 0 Å². The van der Waals surface area contributed by atoms with Gasteiger partial charge in [-0.05, 0) is 42.4 Å². The number of hydrogen-bond donors (Lipinski definition) is 3. The maximum absolute atomic E-state index is 13.1. The molecule has 6 nitrogen and oxygen atoms in total. The quantitative estimate of drug-likeness (QED) is 0.197. The van der Waals surface area contributed by atoms with Gasteiger partial charge in [-0.25, -0.2) is 4.39 Å². The van der Waals surface area contributed by atoms with Crippen molar-refractivity contribution in [1.82, 2.24) is 16.0 Å². The molecule has 0 spiro atoms. The third kappa shape index (κ3) is 8.30. The van der Waals surface area contributed by atoms with E-state index in [1.54, 1.807) is 26.3 Å². The van der Waals surface area contributed by atoms with Gasteiger partial charge in [0, 0.05) is 40.4 Å². The summed E-state index contributed by atoms with van der Waals surface area (Å²) in [5, 5.41) is 9.42. The zero-order valence-corrected chi connectivity index (χ0v) is 19.1. The Labute approximate surface area is 184 Å². The summed E-state index contributed by atoms with van der Waals surface area (Å²) in [4.78, 5) is 16.2. The van der Waals surface area contributed by atoms with E-state index in [9.17, 15) is 9.18 Å². The number of ether oxygens (including phenoxy) is 1. The minimum Gasteiger partial charge on any atom is -0.385 e. The Kier molecular flexibility index (Phi) is 11.4. The normalized spacial score (nSPS) is 15.2. The summed E-state index contributed by atoms with van der Waals surface area (Å²) in [7, 11) is 3.48. The number of nitrogens with zero attached hydrogens (tertiary/aromatic N) is 1. The summed E-state index contributed by atoms with van der Waals surface area (Å²) < 4.78 is 18.4. The number of guanidine groups is 1. The van der Waals surface area contributed by atoms with Gasteiger partial charge in [0.05, 0.1) is 6.42 Å². The van der Waals surface area contributed by atoms with Gasteiger partial charge in [0.25, 0.3) is 0 Å². The van der Waals surface area contributed by atoms with Gasteiger partial charge >= 0.3 is 0 Å². The molecule has 158 valence electrons. The number of hydrogen-bond acceptors (Lipinski definition) is 3. The Morgan fingerprint density at radius 1 is 1.25 bits per heavy atom. The van der Waals surface area contributed by atoms with Gasteiger partial charge in [0.15, 0.2) is 5.96 Å². The van der Waals surface area contributed by atoms with Crippen LogP contribution in [0, 0.1) is 11.2 Å². The van der Waals surface area contributed by atoms with Crippen LogP contribution in [0.3, 0.4) is 0 Å². The Balaban J connectivity index is 0.00000392. The maximum Gasteiger partial charge on any atom is 0.224 e. The van der Waals surface area contributed by atoms with E-state index >= 15 is 0 Å². The first-order valence-corrected chi connectivity index (χ1v) is 9.51. The lowest BCUT2D eigenvalue weighted by molar-refractivity contribution is -0.120. The summed E-state index contributed by atoms with van der Waals surface area (Å²) in [5.41, 5.74) is 0.979. The average molecular weight is 506 g/mol. The third-order valence-corrected chi connectivity index (χ3v) is 5.10. The number of nitrogens with one attached hydrogen (secondary N) is 3. The van der Waals surface area contributed by atoms with E-state index in [2.05, 4.69) is 20.9 Å². The standard InChI is InChI=1S/C20H31FN4O2.HI/c1-22-19(25-15-20(7-4-8-20)9-12-27-2)24-11-10-23-18(26)14-16-5-3-6-17(21)13-16;/h3,5-6,13H,4,7-12,14-15H2,1-2H3,(H,23,26)(H2,22,24,25);1H. The molecule has 1 aliphatic carbocycles. The molecule has 1 aromatic rings. The van der Waals surface area contributed by atoms with Crippen molar-refractivity contribution in [2.24, 2.45) is 10.4 Å². The van der Waals surface area contributed by atoms with Gasteiger partial charge in [-0.1, -0.05) is 18.6 Å². The molecule has 0 radical (unpaired) electrons. The molecule has 3 N–H and O–H groups in total. The second kappa shape index (κ2) is 12.9. The molecular formula is C20H32FIN4O2. The molecule has 0 aromatic heterocycles. The fraction of sp³-hybridized carbons (Fsp3) is 0.600. The summed E-state index contributed by atoms with van der Waals surface area (Å²) in [6, 6.07) is 6.10. The second-order valence-corrected chi connectivity index (χ2v) is 7.11. The van der Waals surface area contributed by atoms with Crippen molar-refractivity contribution in [3.8, 4) is 0 Å². The van der Waals surface area contributed by atoms with Crippen LogP contribution < -0.4 is 16.0 Å². The van der Waals surface area contributed by atoms with Crippen LogP contribution in [0.4, 0.5) is 4.39 Å². The maximum atomic E-state index is 13.1. The van der Waals surface area contributed by atoms with Gasteiger partial charge < -0.3 is 20.7 Å². The molecule has 0 bridgehead atoms. The van der Waals surface area contributed by atoms with E-state index in [-0.39, 0.29) is 42.1 Å². The number of carbonyl (C=O) groups excluding carboxylic acids is 1. The lowest BCUT2D eigenvalue weighted by Gasteiger charge is -2.42. The Bertz CT molecular complexity index is 638. The van der Waals surface area contributed by atoms with Crippen LogP contribution in [0.2, 0.25) is 0 Å². The summed E-state index contributed by atoms with van der Waals surface area (Å²) in [5.74, 6) is 0.281. The van der Waals surface area contributed by atoms with Gasteiger partial charge in [-0.2, -0.15) is 0 Å². The number of rotatable bonds is 10. The van der Waals surface area contributed by atoms with E-state index in [0.29, 0.717) is 24.1 Å². The molecule has 0 unspecified atom stereocenters. The monoisotopic (exact) mass is 506 g/mol. The molecule has 1 aliphatic rings. The molecule has 1 amide bonds. The predicted molar refractivity (Wildman–Crippen MR) is 121 cm³/mol. The number of methoxy groups -OCH3 is 1. The van der Waals surface area contributed by atoms with Crippen LogP contribution in [0.1, 0.15) is 31.2 Å². The summed E-state index contributed by atoms with van der Waals surface area (Å²) in [6.45, 7) is 2.70. The van der Waals surface area contributed by atoms with Crippen molar-refractivity contribution in [2.45, 2.75) is 32.1 Å². The zero-order chi connectivity index (χ0) is 19.5. The minimum absolute atomic E-state index is 0. The van der Waals surface area contributed by atoms with E-state index in [0.717, 1.165) is 25.5 Å². The molecular weight excluding hydrogens is 474 g/mol. The van der Waals surface area contributed by atoms with Crippen LogP contribution >= 0.6 is 24.0 Å². The van der Waals surface area contributed by atoms with Gasteiger partial charge in [0.2, 0.25) is 5.91 Å². The Morgan fingerprint density at radius 2 is 2.00 bits per heavy atom. The van der Waals surface area contributed by atoms with Crippen molar-refractivity contribution in [2.75, 3.05) is 40.4 Å². The van der Waals surface area contributed by atoms with Crippen LogP contribution in [0.15, 0.2) is 29.3 Å². The topological polar surface area (TPSA) is 74.8 Å². The first kappa shape index (κ1) is 24.6. The van der Waals surface area contributed by atoms with Crippen molar-refractivity contribution >= 4 is 35.8 Å². The number of aliphatic imine (C=N–C) groups is 1. The first-order chi connectivity index (χ1) is 13.1. The van der Waals surface area contributed by atoms with Gasteiger partial charge in [-0.3, -0.25) is 9.79 Å². The SMILES string of the molecule is CN=C(NCCNC(=O)Cc1cccc(F)c1)NCC1(CCOC)CCC1.I. The molecule has 0 atom stereocenters. The lowest BCUT2D eigenvalue weighted by Crippen LogP contribution is -2.48. The van der Waals surface area contributed by atoms with Crippen molar-refractivity contribution in [3.63, 3.8) is 0 Å². The molecule has 28 heavy (non-hydrogen) atoms. The highest BCUT2D eigenvalue weighted by atomic mass is 127. The highest BCUT2D eigenvalue weighted by Gasteiger charge is 2.36. The minimum atomic E-state index is -0.327. The van der Waals surface area contributed by atoms with Crippen LogP contribution in [-0.2, 0) is 16.0 Å². The summed E-state index contributed by atoms with van der Waals surface area (Å²) in [6.07, 6.45) is 4.94. The molecule has 0 saturated heterocycles. The zero-order valence-electron chi connectivity index (χ0n) is 16.7. The van der Waals surface area contributed by atoms with E-state index in [1.165, 1.54) is 31.4 Å². The largest absolute Gasteiger partial charge is 0.385 e. The fourth-order valence-electron chi connectivity index (χ4n) is 3.28. The highest BCUT2D eigenvalue weighted by Crippen LogP contribution is 2.43. The van der Waals surface area contributed by atoms with Crippen LogP contribution in [0.5, 0.6) is 0 Å². The molecule has 1 saturated carbocycles. The molecule has 2 rings (SSSR count). The predicted octanol–water partition coefficient (Wildman–Crippen LogP) is 2.47. The Morgan fingerprint density at radius 3 is 2.61 bits per heavy atom. The first-order valence-electron chi connectivity index (χ1n) is 9.51. The number of carbonyl (C=O) groups is 1. The average Bonchev–Trinajstić information content (AvgIpc) is 2.62. The number of benzene rings is 1. The lowest BCUT2D eigenvalue weighted by atomic mass is 9.67. The molecule has 1 fully saturated rings. The van der Waals surface area contributed by atoms with Gasteiger partial charge in [0.1, 0.15) is 5.82 Å². The molecule has 0 heterocycles. The van der Waals surface area contributed by atoms with E-state index < -0.39 is 0 Å². The number of amides is 1. The van der Waals surface area contributed by atoms with Crippen LogP contribution in [-0.4, -0.2) is 52.3 Å². The van der Waals surface area contributed by atoms with Crippen molar-refractivity contribution in [3.05, 3.63) is 35.6 Å². The smallest absolute Gasteiger partial charge is 0.224 e. The third-order valence-electron chi connectivity index (χ3n) is 5.10. The highest BCUT2D eigenvalue weighted by molar-refractivity contribution is 14.0. The van der Waals surface area contributed by atoms with E-state index in [4.69, 9.17) is 4.74 Å². The fourth-order valence-corrected chi connectivity index (χ4v) is 3.28. The molecule has 1 aromatic carbocycles. The molecule has 0 aliphatic heterocycles. The van der Waals surface area contributed by atoms with Crippen molar-refractivity contribution in [1.29, 1.82) is 0 Å². The van der Waals surface area contributed by atoms with Crippen molar-refractivity contribution < 1.29 is 13.9 Å². The number of halogens is 2. The Hall–Kier alpha value is -1.42. The second-order valence-electron chi connectivity index (χ2n) is 7.11. The molecule has 8 heteroatoms.